The van der Waals surface area contributed by atoms with Gasteiger partial charge in [0.05, 0.1) is 6.61 Å². The van der Waals surface area contributed by atoms with Gasteiger partial charge < -0.3 is 10.3 Å². The molecule has 0 saturated carbocycles. The summed E-state index contributed by atoms with van der Waals surface area (Å²) < 4.78 is 23.3. The maximum atomic E-state index is 11.7. The summed E-state index contributed by atoms with van der Waals surface area (Å²) in [5.74, 6) is 0. The fourth-order valence-corrected chi connectivity index (χ4v) is 3.06. The van der Waals surface area contributed by atoms with E-state index in [1.165, 1.54) is 0 Å². The van der Waals surface area contributed by atoms with Gasteiger partial charge in [0.15, 0.2) is 9.84 Å². The SMILES string of the molecule is CS(=O)(=O)[C@@H](CO)/C(=N\O)c1ccc(-c2ccccc2)cc1. The number of oxime groups is 1. The summed E-state index contributed by atoms with van der Waals surface area (Å²) in [4.78, 5) is 0. The molecule has 0 aromatic heterocycles. The first-order valence-corrected chi connectivity index (χ1v) is 8.60. The quantitative estimate of drug-likeness (QED) is 0.501. The summed E-state index contributed by atoms with van der Waals surface area (Å²) in [6, 6.07) is 16.7. The Morgan fingerprint density at radius 1 is 1.05 bits per heavy atom. The minimum atomic E-state index is -3.58. The average molecular weight is 319 g/mol. The Morgan fingerprint density at radius 2 is 1.59 bits per heavy atom. The maximum absolute atomic E-state index is 11.7. The van der Waals surface area contributed by atoms with Crippen molar-refractivity contribution in [3.8, 4) is 11.1 Å². The van der Waals surface area contributed by atoms with Crippen molar-refractivity contribution < 1.29 is 18.7 Å². The van der Waals surface area contributed by atoms with Crippen LogP contribution in [0.2, 0.25) is 0 Å². The molecule has 0 spiro atoms. The zero-order valence-electron chi connectivity index (χ0n) is 12.0. The lowest BCUT2D eigenvalue weighted by atomic mass is 10.0. The molecule has 0 unspecified atom stereocenters. The van der Waals surface area contributed by atoms with E-state index in [2.05, 4.69) is 5.16 Å². The molecule has 0 heterocycles. The zero-order chi connectivity index (χ0) is 16.2. The highest BCUT2D eigenvalue weighted by molar-refractivity contribution is 7.92. The van der Waals surface area contributed by atoms with Gasteiger partial charge in [0.1, 0.15) is 11.0 Å². The summed E-state index contributed by atoms with van der Waals surface area (Å²) in [6.45, 7) is -0.640. The van der Waals surface area contributed by atoms with Crippen LogP contribution < -0.4 is 0 Å². The minimum absolute atomic E-state index is 0.0652. The monoisotopic (exact) mass is 319 g/mol. The molecule has 1 atom stereocenters. The van der Waals surface area contributed by atoms with Crippen LogP contribution in [0.15, 0.2) is 59.8 Å². The first kappa shape index (κ1) is 16.2. The number of sulfone groups is 1. The van der Waals surface area contributed by atoms with Crippen molar-refractivity contribution in [1.82, 2.24) is 0 Å². The lowest BCUT2D eigenvalue weighted by Gasteiger charge is -2.14. The molecule has 0 aliphatic rings. The van der Waals surface area contributed by atoms with E-state index in [4.69, 9.17) is 5.21 Å². The van der Waals surface area contributed by atoms with Gasteiger partial charge in [-0.15, -0.1) is 0 Å². The summed E-state index contributed by atoms with van der Waals surface area (Å²) >= 11 is 0. The molecule has 2 N–H and O–H groups in total. The van der Waals surface area contributed by atoms with Gasteiger partial charge in [-0.25, -0.2) is 8.42 Å². The first-order valence-electron chi connectivity index (χ1n) is 6.65. The Bertz CT molecular complexity index is 752. The molecule has 0 aliphatic carbocycles. The van der Waals surface area contributed by atoms with Gasteiger partial charge in [-0.2, -0.15) is 0 Å². The van der Waals surface area contributed by atoms with Crippen LogP contribution in [-0.4, -0.2) is 42.6 Å². The third kappa shape index (κ3) is 3.52. The van der Waals surface area contributed by atoms with Gasteiger partial charge in [-0.05, 0) is 11.1 Å². The van der Waals surface area contributed by atoms with Crippen LogP contribution in [-0.2, 0) is 9.84 Å². The van der Waals surface area contributed by atoms with Gasteiger partial charge in [0.2, 0.25) is 0 Å². The Kier molecular flexibility index (Phi) is 4.95. The van der Waals surface area contributed by atoms with Gasteiger partial charge in [-0.1, -0.05) is 59.8 Å². The Balaban J connectivity index is 2.37. The second-order valence-corrected chi connectivity index (χ2v) is 7.16. The summed E-state index contributed by atoms with van der Waals surface area (Å²) in [6.07, 6.45) is 0.997. The van der Waals surface area contributed by atoms with E-state index in [0.29, 0.717) is 5.56 Å². The van der Waals surface area contributed by atoms with E-state index in [9.17, 15) is 13.5 Å². The van der Waals surface area contributed by atoms with Crippen molar-refractivity contribution in [3.63, 3.8) is 0 Å². The van der Waals surface area contributed by atoms with Crippen molar-refractivity contribution in [2.75, 3.05) is 12.9 Å². The number of nitrogens with zero attached hydrogens (tertiary/aromatic N) is 1. The second-order valence-electron chi connectivity index (χ2n) is 4.93. The highest BCUT2D eigenvalue weighted by Crippen LogP contribution is 2.20. The molecule has 116 valence electrons. The number of aliphatic hydroxyl groups is 1. The molecule has 2 aromatic rings. The van der Waals surface area contributed by atoms with Crippen molar-refractivity contribution in [2.45, 2.75) is 5.25 Å². The van der Waals surface area contributed by atoms with Crippen LogP contribution in [0.1, 0.15) is 5.56 Å². The molecule has 0 aliphatic heterocycles. The third-order valence-electron chi connectivity index (χ3n) is 3.38. The number of rotatable bonds is 5. The third-order valence-corrected chi connectivity index (χ3v) is 4.79. The minimum Gasteiger partial charge on any atom is -0.411 e. The molecular weight excluding hydrogens is 302 g/mol. The standard InChI is InChI=1S/C16H17NO4S/c1-22(20,21)15(11-18)16(17-19)14-9-7-13(8-10-14)12-5-3-2-4-6-12/h2-10,15,18-19H,11H2,1H3/b17-16-/t15-/m0/s1. The van der Waals surface area contributed by atoms with Crippen LogP contribution in [0.3, 0.4) is 0 Å². The fourth-order valence-electron chi connectivity index (χ4n) is 2.20. The van der Waals surface area contributed by atoms with E-state index in [1.807, 2.05) is 42.5 Å². The number of aliphatic hydroxyl groups excluding tert-OH is 1. The lowest BCUT2D eigenvalue weighted by Crippen LogP contribution is -2.33. The Hall–Kier alpha value is -2.18. The lowest BCUT2D eigenvalue weighted by molar-refractivity contribution is 0.296. The van der Waals surface area contributed by atoms with Crippen LogP contribution in [0, 0.1) is 0 Å². The summed E-state index contributed by atoms with van der Waals surface area (Å²) in [5, 5.41) is 20.3. The molecule has 0 bridgehead atoms. The van der Waals surface area contributed by atoms with Gasteiger partial charge in [0, 0.05) is 11.8 Å². The van der Waals surface area contributed by atoms with Crippen molar-refractivity contribution in [2.24, 2.45) is 5.16 Å². The smallest absolute Gasteiger partial charge is 0.158 e. The summed E-state index contributed by atoms with van der Waals surface area (Å²) in [7, 11) is -3.58. The number of hydrogen-bond donors (Lipinski definition) is 2. The van der Waals surface area contributed by atoms with Crippen molar-refractivity contribution >= 4 is 15.5 Å². The largest absolute Gasteiger partial charge is 0.411 e. The number of hydrogen-bond acceptors (Lipinski definition) is 5. The second kappa shape index (κ2) is 6.72. The van der Waals surface area contributed by atoms with E-state index >= 15 is 0 Å². The maximum Gasteiger partial charge on any atom is 0.158 e. The van der Waals surface area contributed by atoms with E-state index in [1.54, 1.807) is 12.1 Å². The predicted molar refractivity (Wildman–Crippen MR) is 85.9 cm³/mol. The molecule has 0 amide bonds. The number of benzene rings is 2. The van der Waals surface area contributed by atoms with Crippen LogP contribution in [0.5, 0.6) is 0 Å². The highest BCUT2D eigenvalue weighted by atomic mass is 32.2. The molecule has 0 saturated heterocycles. The van der Waals surface area contributed by atoms with E-state index < -0.39 is 21.7 Å². The Morgan fingerprint density at radius 3 is 2.05 bits per heavy atom. The van der Waals surface area contributed by atoms with Crippen LogP contribution in [0.4, 0.5) is 0 Å². The highest BCUT2D eigenvalue weighted by Gasteiger charge is 2.27. The van der Waals surface area contributed by atoms with Gasteiger partial charge in [0.25, 0.3) is 0 Å². The predicted octanol–water partition coefficient (Wildman–Crippen LogP) is 1.94. The topological polar surface area (TPSA) is 87.0 Å². The van der Waals surface area contributed by atoms with Crippen molar-refractivity contribution in [1.29, 1.82) is 0 Å². The summed E-state index contributed by atoms with van der Waals surface area (Å²) in [5.41, 5.74) is 2.37. The van der Waals surface area contributed by atoms with Crippen LogP contribution in [0.25, 0.3) is 11.1 Å². The molecule has 2 rings (SSSR count). The van der Waals surface area contributed by atoms with Gasteiger partial charge in [-0.3, -0.25) is 0 Å². The Labute approximate surface area is 129 Å². The molecule has 0 radical (unpaired) electrons. The van der Waals surface area contributed by atoms with Crippen LogP contribution >= 0.6 is 0 Å². The molecule has 0 fully saturated rings. The van der Waals surface area contributed by atoms with E-state index in [-0.39, 0.29) is 5.71 Å². The normalized spacial score (nSPS) is 13.8. The first-order chi connectivity index (χ1) is 10.5. The van der Waals surface area contributed by atoms with Gasteiger partial charge >= 0.3 is 0 Å². The van der Waals surface area contributed by atoms with E-state index in [0.717, 1.165) is 17.4 Å². The fraction of sp³-hybridized carbons (Fsp3) is 0.188. The molecule has 6 heteroatoms. The molecule has 2 aromatic carbocycles. The molecule has 22 heavy (non-hydrogen) atoms. The molecular formula is C16H17NO4S. The van der Waals surface area contributed by atoms with Crippen molar-refractivity contribution in [3.05, 3.63) is 60.2 Å². The molecule has 5 nitrogen and oxygen atoms in total. The average Bonchev–Trinajstić information content (AvgIpc) is 2.52. The zero-order valence-corrected chi connectivity index (χ0v) is 12.9.